The first-order valence-corrected chi connectivity index (χ1v) is 9.75. The summed E-state index contributed by atoms with van der Waals surface area (Å²) >= 11 is 0. The van der Waals surface area contributed by atoms with Crippen molar-refractivity contribution in [1.29, 1.82) is 0 Å². The van der Waals surface area contributed by atoms with Gasteiger partial charge in [-0.25, -0.2) is 8.42 Å². The van der Waals surface area contributed by atoms with Crippen molar-refractivity contribution in [2.24, 2.45) is 0 Å². The molecule has 3 rings (SSSR count). The van der Waals surface area contributed by atoms with E-state index >= 15 is 0 Å². The molecule has 5 heteroatoms. The van der Waals surface area contributed by atoms with Crippen molar-refractivity contribution in [3.05, 3.63) is 84.1 Å². The molecule has 0 amide bonds. The van der Waals surface area contributed by atoms with Gasteiger partial charge in [0.05, 0.1) is 4.90 Å². The quantitative estimate of drug-likeness (QED) is 0.670. The number of aryl methyl sites for hydroxylation is 1. The molecule has 1 aromatic heterocycles. The Hall–Kier alpha value is -2.53. The van der Waals surface area contributed by atoms with Gasteiger partial charge < -0.3 is 4.57 Å². The van der Waals surface area contributed by atoms with E-state index in [1.165, 1.54) is 4.31 Å². The van der Waals surface area contributed by atoms with Gasteiger partial charge >= 0.3 is 0 Å². The van der Waals surface area contributed by atoms with Crippen LogP contribution in [0.1, 0.15) is 18.1 Å². The second-order valence-corrected chi connectivity index (χ2v) is 7.83. The maximum Gasteiger partial charge on any atom is 0.265 e. The number of benzene rings is 2. The van der Waals surface area contributed by atoms with Gasteiger partial charge in [-0.3, -0.25) is 4.31 Å². The second-order valence-electron chi connectivity index (χ2n) is 5.96. The Morgan fingerprint density at radius 2 is 1.60 bits per heavy atom. The van der Waals surface area contributed by atoms with Gasteiger partial charge in [-0.15, -0.1) is 0 Å². The Bertz CT molecular complexity index is 929. The minimum Gasteiger partial charge on any atom is -0.329 e. The smallest absolute Gasteiger partial charge is 0.265 e. The Kier molecular flexibility index (Phi) is 4.95. The molecule has 0 fully saturated rings. The molecule has 25 heavy (non-hydrogen) atoms. The molecule has 0 aliphatic carbocycles. The Balaban J connectivity index is 1.96. The zero-order chi connectivity index (χ0) is 17.9. The minimum atomic E-state index is -3.59. The first-order chi connectivity index (χ1) is 12.0. The first-order valence-electron chi connectivity index (χ1n) is 8.31. The van der Waals surface area contributed by atoms with Crippen LogP contribution < -0.4 is 4.31 Å². The number of hydrogen-bond donors (Lipinski definition) is 0. The van der Waals surface area contributed by atoms with Gasteiger partial charge in [-0.1, -0.05) is 48.0 Å². The maximum atomic E-state index is 13.1. The van der Waals surface area contributed by atoms with E-state index in [2.05, 4.69) is 0 Å². The normalized spacial score (nSPS) is 11.4. The molecular formula is C20H22N2O2S. The van der Waals surface area contributed by atoms with Gasteiger partial charge in [-0.05, 0) is 43.7 Å². The fourth-order valence-corrected chi connectivity index (χ4v) is 4.32. The molecule has 0 bridgehead atoms. The Morgan fingerprint density at radius 3 is 2.24 bits per heavy atom. The molecule has 0 unspecified atom stereocenters. The fraction of sp³-hybridized carbons (Fsp3) is 0.200. The molecule has 0 atom stereocenters. The van der Waals surface area contributed by atoms with Gasteiger partial charge in [-0.2, -0.15) is 0 Å². The van der Waals surface area contributed by atoms with Crippen molar-refractivity contribution in [3.8, 4) is 0 Å². The third-order valence-corrected chi connectivity index (χ3v) is 6.05. The van der Waals surface area contributed by atoms with Gasteiger partial charge in [0.2, 0.25) is 0 Å². The predicted molar refractivity (Wildman–Crippen MR) is 101 cm³/mol. The SMILES string of the molecule is CCN(c1cccn1Cc1ccccc1)S(=O)(=O)c1ccc(C)cc1. The van der Waals surface area contributed by atoms with Crippen LogP contribution in [0.5, 0.6) is 0 Å². The molecule has 0 radical (unpaired) electrons. The van der Waals surface area contributed by atoms with Gasteiger partial charge in [0.1, 0.15) is 5.82 Å². The van der Waals surface area contributed by atoms with Crippen LogP contribution in [0.25, 0.3) is 0 Å². The number of hydrogen-bond acceptors (Lipinski definition) is 2. The van der Waals surface area contributed by atoms with E-state index in [1.807, 2.05) is 79.2 Å². The lowest BCUT2D eigenvalue weighted by Crippen LogP contribution is -2.32. The molecule has 0 saturated heterocycles. The summed E-state index contributed by atoms with van der Waals surface area (Å²) in [5.74, 6) is 0.673. The summed E-state index contributed by atoms with van der Waals surface area (Å²) in [5, 5.41) is 0. The summed E-state index contributed by atoms with van der Waals surface area (Å²) in [6.45, 7) is 4.79. The highest BCUT2D eigenvalue weighted by Gasteiger charge is 2.25. The van der Waals surface area contributed by atoms with E-state index in [-0.39, 0.29) is 0 Å². The summed E-state index contributed by atoms with van der Waals surface area (Å²) < 4.78 is 29.6. The molecule has 0 aliphatic rings. The van der Waals surface area contributed by atoms with Gasteiger partial charge in [0, 0.05) is 19.3 Å². The molecule has 0 spiro atoms. The van der Waals surface area contributed by atoms with E-state index < -0.39 is 10.0 Å². The van der Waals surface area contributed by atoms with Crippen molar-refractivity contribution in [3.63, 3.8) is 0 Å². The Labute approximate surface area is 149 Å². The van der Waals surface area contributed by atoms with E-state index in [1.54, 1.807) is 12.1 Å². The van der Waals surface area contributed by atoms with Crippen LogP contribution in [-0.2, 0) is 16.6 Å². The van der Waals surface area contributed by atoms with Crippen LogP contribution in [0, 0.1) is 6.92 Å². The van der Waals surface area contributed by atoms with E-state index in [9.17, 15) is 8.42 Å². The van der Waals surface area contributed by atoms with Crippen molar-refractivity contribution in [1.82, 2.24) is 4.57 Å². The first kappa shape index (κ1) is 17.3. The zero-order valence-electron chi connectivity index (χ0n) is 14.5. The lowest BCUT2D eigenvalue weighted by atomic mass is 10.2. The summed E-state index contributed by atoms with van der Waals surface area (Å²) in [6, 6.07) is 20.7. The summed E-state index contributed by atoms with van der Waals surface area (Å²) in [6.07, 6.45) is 1.91. The number of anilines is 1. The molecule has 2 aromatic carbocycles. The molecular weight excluding hydrogens is 332 g/mol. The third-order valence-electron chi connectivity index (χ3n) is 4.15. The van der Waals surface area contributed by atoms with Crippen LogP contribution in [0.4, 0.5) is 5.82 Å². The van der Waals surface area contributed by atoms with Crippen molar-refractivity contribution in [2.45, 2.75) is 25.3 Å². The highest BCUT2D eigenvalue weighted by molar-refractivity contribution is 7.92. The summed E-state index contributed by atoms with van der Waals surface area (Å²) in [5.41, 5.74) is 2.16. The molecule has 4 nitrogen and oxygen atoms in total. The monoisotopic (exact) mass is 354 g/mol. The standard InChI is InChI=1S/C20H22N2O2S/c1-3-22(25(23,24)19-13-11-17(2)12-14-19)20-10-7-15-21(20)16-18-8-5-4-6-9-18/h4-15H,3,16H2,1-2H3. The van der Waals surface area contributed by atoms with E-state index in [0.29, 0.717) is 23.8 Å². The summed E-state index contributed by atoms with van der Waals surface area (Å²) in [7, 11) is -3.59. The number of aromatic nitrogens is 1. The topological polar surface area (TPSA) is 42.3 Å². The number of rotatable bonds is 6. The fourth-order valence-electron chi connectivity index (χ4n) is 2.84. The van der Waals surface area contributed by atoms with Crippen molar-refractivity contribution < 1.29 is 8.42 Å². The van der Waals surface area contributed by atoms with Gasteiger partial charge in [0.15, 0.2) is 0 Å². The lowest BCUT2D eigenvalue weighted by molar-refractivity contribution is 0.590. The number of sulfonamides is 1. The number of nitrogens with zero attached hydrogens (tertiary/aromatic N) is 2. The van der Waals surface area contributed by atoms with Crippen molar-refractivity contribution >= 4 is 15.8 Å². The van der Waals surface area contributed by atoms with Gasteiger partial charge in [0.25, 0.3) is 10.0 Å². The van der Waals surface area contributed by atoms with Crippen molar-refractivity contribution in [2.75, 3.05) is 10.8 Å². The summed E-state index contributed by atoms with van der Waals surface area (Å²) in [4.78, 5) is 0.312. The highest BCUT2D eigenvalue weighted by Crippen LogP contribution is 2.25. The second kappa shape index (κ2) is 7.15. The lowest BCUT2D eigenvalue weighted by Gasteiger charge is -2.24. The minimum absolute atomic E-state index is 0.312. The average molecular weight is 354 g/mol. The molecule has 1 heterocycles. The third kappa shape index (κ3) is 3.61. The predicted octanol–water partition coefficient (Wildman–Crippen LogP) is 4.06. The molecule has 130 valence electrons. The maximum absolute atomic E-state index is 13.1. The molecule has 0 aliphatic heterocycles. The average Bonchev–Trinajstić information content (AvgIpc) is 3.04. The van der Waals surface area contributed by atoms with Crippen LogP contribution in [-0.4, -0.2) is 19.5 Å². The van der Waals surface area contributed by atoms with Crippen LogP contribution >= 0.6 is 0 Å². The molecule has 0 saturated carbocycles. The zero-order valence-corrected chi connectivity index (χ0v) is 15.3. The van der Waals surface area contributed by atoms with Crippen LogP contribution in [0.3, 0.4) is 0 Å². The van der Waals surface area contributed by atoms with Crippen LogP contribution in [0.2, 0.25) is 0 Å². The van der Waals surface area contributed by atoms with E-state index in [4.69, 9.17) is 0 Å². The molecule has 0 N–H and O–H groups in total. The van der Waals surface area contributed by atoms with E-state index in [0.717, 1.165) is 11.1 Å². The molecule has 3 aromatic rings. The Morgan fingerprint density at radius 1 is 0.920 bits per heavy atom. The largest absolute Gasteiger partial charge is 0.329 e. The highest BCUT2D eigenvalue weighted by atomic mass is 32.2. The van der Waals surface area contributed by atoms with Crippen LogP contribution in [0.15, 0.2) is 77.8 Å².